The molecule has 0 spiro atoms. The van der Waals surface area contributed by atoms with Crippen LogP contribution in [0.3, 0.4) is 0 Å². The second-order valence-corrected chi connectivity index (χ2v) is 27.6. The molecule has 0 aromatic heterocycles. The second-order valence-electron chi connectivity index (χ2n) is 24.7. The number of esters is 3. The number of carbonyl (C=O) groups is 3. The third-order valence-corrected chi connectivity index (χ3v) is 17.5. The summed E-state index contributed by atoms with van der Waals surface area (Å²) in [6.45, 7) is 2.53. The molecule has 0 fully saturated rings. The fraction of sp³-hybridized carbons (Fsp3) is 0.773. The molecular formula is C75H134O16P2. The molecule has 0 aromatic carbocycles. The van der Waals surface area contributed by atoms with Crippen LogP contribution in [-0.4, -0.2) is 95.9 Å². The smallest absolute Gasteiger partial charge is 0.463 e. The van der Waals surface area contributed by atoms with E-state index in [-0.39, 0.29) is 19.3 Å². The Balaban J connectivity index is 4.30. The molecule has 0 bridgehead atoms. The molecule has 0 aromatic rings. The summed E-state index contributed by atoms with van der Waals surface area (Å²) in [6, 6.07) is 0. The fourth-order valence-electron chi connectivity index (χ4n) is 9.97. The van der Waals surface area contributed by atoms with Gasteiger partial charge in [-0.1, -0.05) is 292 Å². The van der Waals surface area contributed by atoms with E-state index < -0.39 is 91.5 Å². The molecule has 0 saturated carbocycles. The maximum Gasteiger partial charge on any atom is 0.472 e. The van der Waals surface area contributed by atoms with Crippen LogP contribution in [-0.2, 0) is 55.8 Å². The summed E-state index contributed by atoms with van der Waals surface area (Å²) in [5, 5.41) is 20.6. The molecule has 4 N–H and O–H groups in total. The molecule has 0 aliphatic rings. The van der Waals surface area contributed by atoms with E-state index in [4.69, 9.17) is 32.3 Å². The van der Waals surface area contributed by atoms with Crippen LogP contribution in [0.15, 0.2) is 85.1 Å². The van der Waals surface area contributed by atoms with Gasteiger partial charge in [-0.15, -0.1) is 0 Å². The number of ether oxygens (including phenoxy) is 3. The normalized spacial score (nSPS) is 14.6. The number of phosphoric ester groups is 2. The molecule has 93 heavy (non-hydrogen) atoms. The average molecular weight is 1350 g/mol. The van der Waals surface area contributed by atoms with Crippen molar-refractivity contribution in [1.82, 2.24) is 0 Å². The fourth-order valence-corrected chi connectivity index (χ4v) is 11.6. The van der Waals surface area contributed by atoms with Crippen molar-refractivity contribution >= 4 is 33.6 Å². The number of carbonyl (C=O) groups excluding carboxylic acids is 3. The molecule has 540 valence electrons. The molecule has 0 radical (unpaired) electrons. The van der Waals surface area contributed by atoms with E-state index in [1.807, 2.05) is 0 Å². The van der Waals surface area contributed by atoms with Gasteiger partial charge >= 0.3 is 33.6 Å². The van der Waals surface area contributed by atoms with E-state index in [1.54, 1.807) is 0 Å². The molecule has 0 rings (SSSR count). The first kappa shape index (κ1) is 89.7. The highest BCUT2D eigenvalue weighted by atomic mass is 31.2. The molecule has 0 aliphatic carbocycles. The largest absolute Gasteiger partial charge is 0.472 e. The Morgan fingerprint density at radius 2 is 0.581 bits per heavy atom. The van der Waals surface area contributed by atoms with Crippen molar-refractivity contribution in [3.8, 4) is 0 Å². The third kappa shape index (κ3) is 69.9. The van der Waals surface area contributed by atoms with E-state index >= 15 is 0 Å². The Kier molecular flexibility index (Phi) is 66.2. The summed E-state index contributed by atoms with van der Waals surface area (Å²) >= 11 is 0. The minimum Gasteiger partial charge on any atom is -0.463 e. The molecule has 0 amide bonds. The van der Waals surface area contributed by atoms with Gasteiger partial charge in [-0.25, -0.2) is 9.13 Å². The molecule has 0 saturated heterocycles. The van der Waals surface area contributed by atoms with E-state index in [0.29, 0.717) is 19.3 Å². The van der Waals surface area contributed by atoms with Crippen molar-refractivity contribution in [1.29, 1.82) is 0 Å². The lowest BCUT2D eigenvalue weighted by Crippen LogP contribution is -2.30. The van der Waals surface area contributed by atoms with Gasteiger partial charge in [-0.05, 0) is 89.9 Å². The lowest BCUT2D eigenvalue weighted by Gasteiger charge is -2.21. The summed E-state index contributed by atoms with van der Waals surface area (Å²) in [6.07, 6.45) is 75.2. The number of allylic oxidation sites excluding steroid dienone is 14. The highest BCUT2D eigenvalue weighted by molar-refractivity contribution is 7.47. The second kappa shape index (κ2) is 68.7. The van der Waals surface area contributed by atoms with Crippen LogP contribution >= 0.6 is 15.6 Å². The summed E-state index contributed by atoms with van der Waals surface area (Å²) in [5.41, 5.74) is 0. The van der Waals surface area contributed by atoms with Crippen LogP contribution in [0.2, 0.25) is 0 Å². The van der Waals surface area contributed by atoms with Crippen LogP contribution in [0, 0.1) is 0 Å². The van der Waals surface area contributed by atoms with Gasteiger partial charge in [0.15, 0.2) is 6.10 Å². The van der Waals surface area contributed by atoms with Crippen LogP contribution in [0.25, 0.3) is 0 Å². The van der Waals surface area contributed by atoms with Crippen molar-refractivity contribution in [2.75, 3.05) is 39.6 Å². The standard InChI is InChI=1S/C75H134O16P2/c1-4-7-10-13-16-19-22-24-25-26-27-28-29-30-31-32-33-34-35-36-37-38-39-40-41-42-43-45-48-49-52-55-58-61-73(78)85-64-70(76)65-87-92(81,82)88-66-71(77)67-89-93(83,84)90-69-72(91-75(80)63-60-57-54-51-46-21-18-15-12-9-6-3)68-86-74(79)62-59-56-53-50-47-44-23-20-17-14-11-8-5-2/h7,10,15-16,18-19,24-25,27-28,30-31,33-34,70-72,76-77H,4-6,8-9,11-14,17,20-23,26,29,32,35-69H2,1-3H3,(H,81,82)(H,83,84)/b10-7-,18-15-,19-16-,25-24-,28-27-,31-30-,34-33-. The Bertz CT molecular complexity index is 2040. The van der Waals surface area contributed by atoms with Gasteiger partial charge in [-0.2, -0.15) is 0 Å². The number of hydrogen-bond donors (Lipinski definition) is 4. The van der Waals surface area contributed by atoms with Gasteiger partial charge in [0.2, 0.25) is 0 Å². The van der Waals surface area contributed by atoms with Crippen LogP contribution in [0.1, 0.15) is 316 Å². The predicted molar refractivity (Wildman–Crippen MR) is 381 cm³/mol. The lowest BCUT2D eigenvalue weighted by atomic mass is 10.0. The van der Waals surface area contributed by atoms with Crippen LogP contribution < -0.4 is 0 Å². The summed E-state index contributed by atoms with van der Waals surface area (Å²) in [5.74, 6) is -1.57. The van der Waals surface area contributed by atoms with Gasteiger partial charge in [0.05, 0.1) is 26.4 Å². The number of hydrogen-bond acceptors (Lipinski definition) is 14. The number of aliphatic hydroxyl groups is 2. The van der Waals surface area contributed by atoms with Crippen molar-refractivity contribution in [3.63, 3.8) is 0 Å². The number of unbranched alkanes of at least 4 members (excludes halogenated alkanes) is 33. The van der Waals surface area contributed by atoms with Gasteiger partial charge in [0.1, 0.15) is 25.4 Å². The Morgan fingerprint density at radius 3 is 0.946 bits per heavy atom. The van der Waals surface area contributed by atoms with Crippen LogP contribution in [0.4, 0.5) is 0 Å². The first-order valence-electron chi connectivity index (χ1n) is 36.9. The van der Waals surface area contributed by atoms with E-state index in [9.17, 15) is 43.5 Å². The van der Waals surface area contributed by atoms with Crippen LogP contribution in [0.5, 0.6) is 0 Å². The monoisotopic (exact) mass is 1350 g/mol. The van der Waals surface area contributed by atoms with E-state index in [1.165, 1.54) is 135 Å². The molecule has 16 nitrogen and oxygen atoms in total. The van der Waals surface area contributed by atoms with Crippen molar-refractivity contribution in [2.45, 2.75) is 334 Å². The maximum absolute atomic E-state index is 12.8. The van der Waals surface area contributed by atoms with Crippen molar-refractivity contribution < 1.29 is 75.8 Å². The highest BCUT2D eigenvalue weighted by Gasteiger charge is 2.29. The van der Waals surface area contributed by atoms with Gasteiger partial charge in [0, 0.05) is 19.3 Å². The zero-order chi connectivity index (χ0) is 68.1. The highest BCUT2D eigenvalue weighted by Crippen LogP contribution is 2.45. The van der Waals surface area contributed by atoms with Crippen molar-refractivity contribution in [2.24, 2.45) is 0 Å². The lowest BCUT2D eigenvalue weighted by molar-refractivity contribution is -0.161. The van der Waals surface area contributed by atoms with Gasteiger partial charge < -0.3 is 34.2 Å². The Morgan fingerprint density at radius 1 is 0.312 bits per heavy atom. The average Bonchev–Trinajstić information content (AvgIpc) is 3.07. The summed E-state index contributed by atoms with van der Waals surface area (Å²) < 4.78 is 60.8. The summed E-state index contributed by atoms with van der Waals surface area (Å²) in [4.78, 5) is 58.3. The molecule has 18 heteroatoms. The van der Waals surface area contributed by atoms with Gasteiger partial charge in [-0.3, -0.25) is 32.5 Å². The zero-order valence-electron chi connectivity index (χ0n) is 58.7. The minimum absolute atomic E-state index is 0.0984. The molecule has 0 aliphatic heterocycles. The molecule has 5 unspecified atom stereocenters. The minimum atomic E-state index is -4.91. The maximum atomic E-state index is 12.8. The molecule has 0 heterocycles. The first-order chi connectivity index (χ1) is 45.2. The quantitative estimate of drug-likeness (QED) is 0.0146. The topological polar surface area (TPSA) is 231 Å². The number of rotatable bonds is 70. The number of phosphoric acid groups is 2. The first-order valence-corrected chi connectivity index (χ1v) is 39.9. The SMILES string of the molecule is CC/C=C\C/C=C\C/C=C\C/C=C\C/C=C\C/C=C\CCCCCCCCCCCCCCCCC(=O)OCC(O)COP(=O)(O)OCC(O)COP(=O)(O)OCC(COC(=O)CCCCCCCCCCCCCCC)OC(=O)CCCCCCC/C=C\CCCC. The molecular weight excluding hydrogens is 1220 g/mol. The van der Waals surface area contributed by atoms with E-state index in [2.05, 4.69) is 106 Å². The molecule has 5 atom stereocenters. The third-order valence-electron chi connectivity index (χ3n) is 15.6. The van der Waals surface area contributed by atoms with Crippen molar-refractivity contribution in [3.05, 3.63) is 85.1 Å². The number of aliphatic hydroxyl groups excluding tert-OH is 2. The Hall–Kier alpha value is -3.27. The van der Waals surface area contributed by atoms with Gasteiger partial charge in [0.25, 0.3) is 0 Å². The Labute approximate surface area is 565 Å². The predicted octanol–water partition coefficient (Wildman–Crippen LogP) is 20.9. The van der Waals surface area contributed by atoms with E-state index in [0.717, 1.165) is 122 Å². The zero-order valence-corrected chi connectivity index (χ0v) is 60.5. The summed E-state index contributed by atoms with van der Waals surface area (Å²) in [7, 11) is -9.76.